The van der Waals surface area contributed by atoms with E-state index in [1.807, 2.05) is 0 Å². The number of amides is 3. The predicted octanol–water partition coefficient (Wildman–Crippen LogP) is 2.76. The molecule has 0 saturated carbocycles. The Morgan fingerprint density at radius 3 is 2.16 bits per heavy atom. The van der Waals surface area contributed by atoms with Gasteiger partial charge in [0.15, 0.2) is 6.61 Å². The Morgan fingerprint density at radius 1 is 1.00 bits per heavy atom. The minimum absolute atomic E-state index is 0.0103. The first-order chi connectivity index (χ1) is 15.2. The minimum atomic E-state index is -2.92. The smallest absolute Gasteiger partial charge is 0.387 e. The van der Waals surface area contributed by atoms with Crippen LogP contribution in [0.4, 0.5) is 14.5 Å². The molecule has 168 valence electrons. The molecule has 0 bridgehead atoms. The van der Waals surface area contributed by atoms with Crippen molar-refractivity contribution < 1.29 is 37.4 Å². The Hall–Kier alpha value is -3.82. The molecule has 3 amide bonds. The number of benzene rings is 2. The highest BCUT2D eigenvalue weighted by atomic mass is 19.3. The van der Waals surface area contributed by atoms with Gasteiger partial charge in [0.25, 0.3) is 5.91 Å². The Kier molecular flexibility index (Phi) is 7.14. The second kappa shape index (κ2) is 9.99. The first kappa shape index (κ1) is 22.9. The zero-order chi connectivity index (χ0) is 23.3. The summed E-state index contributed by atoms with van der Waals surface area (Å²) in [6.07, 6.45) is 0.317. The van der Waals surface area contributed by atoms with Crippen molar-refractivity contribution in [2.45, 2.75) is 26.0 Å². The van der Waals surface area contributed by atoms with E-state index in [1.165, 1.54) is 48.3 Å². The summed E-state index contributed by atoms with van der Waals surface area (Å²) in [4.78, 5) is 50.4. The molecule has 3 rings (SSSR count). The molecule has 1 aliphatic heterocycles. The third-order valence-electron chi connectivity index (χ3n) is 4.73. The molecule has 10 heteroatoms. The van der Waals surface area contributed by atoms with Gasteiger partial charge in [-0.05, 0) is 42.0 Å². The van der Waals surface area contributed by atoms with Crippen LogP contribution < -0.4 is 9.64 Å². The summed E-state index contributed by atoms with van der Waals surface area (Å²) in [7, 11) is 1.51. The van der Waals surface area contributed by atoms with Crippen LogP contribution in [0.5, 0.6) is 5.75 Å². The molecule has 1 aliphatic rings. The van der Waals surface area contributed by atoms with Crippen molar-refractivity contribution >= 4 is 29.4 Å². The number of nitrogens with zero attached hydrogens (tertiary/aromatic N) is 2. The number of rotatable bonds is 8. The average molecular weight is 446 g/mol. The fourth-order valence-electron chi connectivity index (χ4n) is 3.07. The normalized spacial score (nSPS) is 13.4. The zero-order valence-corrected chi connectivity index (χ0v) is 17.1. The molecule has 0 unspecified atom stereocenters. The van der Waals surface area contributed by atoms with Crippen molar-refractivity contribution in [2.24, 2.45) is 0 Å². The molecule has 0 aliphatic carbocycles. The lowest BCUT2D eigenvalue weighted by Crippen LogP contribution is -2.31. The number of esters is 1. The van der Waals surface area contributed by atoms with E-state index in [-0.39, 0.29) is 42.5 Å². The van der Waals surface area contributed by atoms with Crippen LogP contribution >= 0.6 is 0 Å². The van der Waals surface area contributed by atoms with Gasteiger partial charge in [0.1, 0.15) is 5.75 Å². The second-order valence-electron chi connectivity index (χ2n) is 7.02. The standard InChI is InChI=1S/C22H20F2N2O6/c1-25(12-14-2-8-17(9-3-14)32-22(23)24)20(29)13-31-21(30)15-4-6-16(7-5-15)26-18(27)10-11-19(26)28/h2-9,22H,10-13H2,1H3. The molecule has 0 aromatic heterocycles. The maximum Gasteiger partial charge on any atom is 0.387 e. The highest BCUT2D eigenvalue weighted by molar-refractivity contribution is 6.19. The summed E-state index contributed by atoms with van der Waals surface area (Å²) in [5.41, 5.74) is 1.21. The van der Waals surface area contributed by atoms with Gasteiger partial charge in [0.2, 0.25) is 11.8 Å². The van der Waals surface area contributed by atoms with Gasteiger partial charge in [0.05, 0.1) is 11.3 Å². The predicted molar refractivity (Wildman–Crippen MR) is 108 cm³/mol. The van der Waals surface area contributed by atoms with E-state index in [4.69, 9.17) is 4.74 Å². The number of likely N-dealkylation sites (N-methyl/N-ethyl adjacent to an activating group) is 1. The van der Waals surface area contributed by atoms with E-state index >= 15 is 0 Å². The quantitative estimate of drug-likeness (QED) is 0.457. The van der Waals surface area contributed by atoms with Crippen LogP contribution in [0.3, 0.4) is 0 Å². The average Bonchev–Trinajstić information content (AvgIpc) is 3.10. The van der Waals surface area contributed by atoms with Gasteiger partial charge in [-0.1, -0.05) is 12.1 Å². The lowest BCUT2D eigenvalue weighted by molar-refractivity contribution is -0.133. The van der Waals surface area contributed by atoms with E-state index < -0.39 is 25.1 Å². The maximum atomic E-state index is 12.2. The van der Waals surface area contributed by atoms with Crippen LogP contribution in [0.1, 0.15) is 28.8 Å². The number of hydrogen-bond acceptors (Lipinski definition) is 6. The van der Waals surface area contributed by atoms with Crippen molar-refractivity contribution in [2.75, 3.05) is 18.6 Å². The number of anilines is 1. The minimum Gasteiger partial charge on any atom is -0.452 e. The van der Waals surface area contributed by atoms with Gasteiger partial charge >= 0.3 is 12.6 Å². The lowest BCUT2D eigenvalue weighted by atomic mass is 10.2. The van der Waals surface area contributed by atoms with Crippen molar-refractivity contribution in [1.29, 1.82) is 0 Å². The van der Waals surface area contributed by atoms with Crippen molar-refractivity contribution in [3.05, 3.63) is 59.7 Å². The fraction of sp³-hybridized carbons (Fsp3) is 0.273. The maximum absolute atomic E-state index is 12.2. The summed E-state index contributed by atoms with van der Waals surface area (Å²) in [5.74, 6) is -1.77. The number of carbonyl (C=O) groups is 4. The van der Waals surface area contributed by atoms with Gasteiger partial charge in [-0.3, -0.25) is 19.3 Å². The summed E-state index contributed by atoms with van der Waals surface area (Å²) in [6.45, 7) is -3.23. The third kappa shape index (κ3) is 5.65. The molecule has 0 atom stereocenters. The molecule has 0 radical (unpaired) electrons. The molecule has 0 spiro atoms. The molecule has 2 aromatic carbocycles. The van der Waals surface area contributed by atoms with Crippen LogP contribution in [0, 0.1) is 0 Å². The molecule has 1 heterocycles. The number of alkyl halides is 2. The summed E-state index contributed by atoms with van der Waals surface area (Å²) in [6, 6.07) is 11.6. The number of halogens is 2. The van der Waals surface area contributed by atoms with Crippen LogP contribution in [0.25, 0.3) is 0 Å². The van der Waals surface area contributed by atoms with Crippen LogP contribution in [-0.4, -0.2) is 48.9 Å². The monoisotopic (exact) mass is 446 g/mol. The zero-order valence-electron chi connectivity index (χ0n) is 17.1. The second-order valence-corrected chi connectivity index (χ2v) is 7.02. The number of ether oxygens (including phenoxy) is 2. The number of carbonyl (C=O) groups excluding carboxylic acids is 4. The van der Waals surface area contributed by atoms with E-state index in [0.29, 0.717) is 11.3 Å². The van der Waals surface area contributed by atoms with E-state index in [9.17, 15) is 28.0 Å². The molecule has 0 N–H and O–H groups in total. The van der Waals surface area contributed by atoms with Gasteiger partial charge in [-0.15, -0.1) is 0 Å². The Labute approximate surface area is 182 Å². The van der Waals surface area contributed by atoms with E-state index in [2.05, 4.69) is 4.74 Å². The highest BCUT2D eigenvalue weighted by Gasteiger charge is 2.30. The molecular weight excluding hydrogens is 426 g/mol. The lowest BCUT2D eigenvalue weighted by Gasteiger charge is -2.17. The van der Waals surface area contributed by atoms with Gasteiger partial charge in [0, 0.05) is 26.4 Å². The highest BCUT2D eigenvalue weighted by Crippen LogP contribution is 2.23. The van der Waals surface area contributed by atoms with Crippen LogP contribution in [-0.2, 0) is 25.7 Å². The number of hydrogen-bond donors (Lipinski definition) is 0. The van der Waals surface area contributed by atoms with Crippen molar-refractivity contribution in [1.82, 2.24) is 4.90 Å². The van der Waals surface area contributed by atoms with Crippen LogP contribution in [0.2, 0.25) is 0 Å². The Balaban J connectivity index is 1.50. The Morgan fingerprint density at radius 2 is 1.59 bits per heavy atom. The largest absolute Gasteiger partial charge is 0.452 e. The molecule has 2 aromatic rings. The third-order valence-corrected chi connectivity index (χ3v) is 4.73. The number of imide groups is 1. The first-order valence-electron chi connectivity index (χ1n) is 9.65. The summed E-state index contributed by atoms with van der Waals surface area (Å²) in [5, 5.41) is 0. The molecular formula is C22H20F2N2O6. The molecule has 8 nitrogen and oxygen atoms in total. The summed E-state index contributed by atoms with van der Waals surface area (Å²) >= 11 is 0. The van der Waals surface area contributed by atoms with Gasteiger partial charge < -0.3 is 14.4 Å². The van der Waals surface area contributed by atoms with Crippen molar-refractivity contribution in [3.8, 4) is 5.75 Å². The topological polar surface area (TPSA) is 93.2 Å². The van der Waals surface area contributed by atoms with E-state index in [1.54, 1.807) is 12.1 Å². The molecule has 1 fully saturated rings. The Bertz CT molecular complexity index is 992. The first-order valence-corrected chi connectivity index (χ1v) is 9.65. The summed E-state index contributed by atoms with van der Waals surface area (Å²) < 4.78 is 33.7. The molecule has 32 heavy (non-hydrogen) atoms. The van der Waals surface area contributed by atoms with E-state index in [0.717, 1.165) is 4.90 Å². The fourth-order valence-corrected chi connectivity index (χ4v) is 3.07. The van der Waals surface area contributed by atoms with Gasteiger partial charge in [-0.25, -0.2) is 4.79 Å². The molecule has 1 saturated heterocycles. The SMILES string of the molecule is CN(Cc1ccc(OC(F)F)cc1)C(=O)COC(=O)c1ccc(N2C(=O)CCC2=O)cc1. The van der Waals surface area contributed by atoms with Crippen molar-refractivity contribution in [3.63, 3.8) is 0 Å². The van der Waals surface area contributed by atoms with Gasteiger partial charge in [-0.2, -0.15) is 8.78 Å². The van der Waals surface area contributed by atoms with Crippen LogP contribution in [0.15, 0.2) is 48.5 Å².